The lowest BCUT2D eigenvalue weighted by Crippen LogP contribution is -2.47. The van der Waals surface area contributed by atoms with Crippen LogP contribution in [-0.2, 0) is 0 Å². The molecule has 1 aliphatic rings. The molecule has 82 valence electrons. The van der Waals surface area contributed by atoms with Crippen LogP contribution in [0, 0.1) is 0 Å². The van der Waals surface area contributed by atoms with E-state index in [-0.39, 0.29) is 11.9 Å². The predicted octanol–water partition coefficient (Wildman–Crippen LogP) is 2.67. The van der Waals surface area contributed by atoms with Crippen LogP contribution in [0.2, 0.25) is 0 Å². The van der Waals surface area contributed by atoms with E-state index in [4.69, 9.17) is 4.42 Å². The van der Waals surface area contributed by atoms with Crippen LogP contribution in [0.5, 0.6) is 0 Å². The number of hydrogen-bond donors (Lipinski definition) is 0. The van der Waals surface area contributed by atoms with E-state index in [0.717, 1.165) is 19.4 Å². The molecular weight excluding hydrogens is 258 g/mol. The van der Waals surface area contributed by atoms with Crippen LogP contribution in [0.15, 0.2) is 22.8 Å². The van der Waals surface area contributed by atoms with Crippen molar-refractivity contribution in [3.8, 4) is 0 Å². The van der Waals surface area contributed by atoms with Crippen LogP contribution in [0.25, 0.3) is 0 Å². The van der Waals surface area contributed by atoms with E-state index in [2.05, 4.69) is 22.9 Å². The Labute approximate surface area is 97.6 Å². The number of carbonyl (C=O) groups is 1. The second kappa shape index (κ2) is 4.39. The highest BCUT2D eigenvalue weighted by atomic mass is 79.9. The molecule has 1 aromatic rings. The number of carbonyl (C=O) groups excluding carboxylic acids is 1. The summed E-state index contributed by atoms with van der Waals surface area (Å²) in [5, 5.41) is 0. The number of nitrogens with zero attached hydrogens (tertiary/aromatic N) is 1. The normalized spacial score (nSPS) is 26.7. The van der Waals surface area contributed by atoms with Crippen molar-refractivity contribution in [2.75, 3.05) is 6.54 Å². The van der Waals surface area contributed by atoms with Crippen molar-refractivity contribution in [1.29, 1.82) is 0 Å². The van der Waals surface area contributed by atoms with Crippen LogP contribution in [0.4, 0.5) is 0 Å². The number of likely N-dealkylation sites (tertiary alicyclic amines) is 1. The second-order valence-electron chi connectivity index (χ2n) is 3.87. The predicted molar refractivity (Wildman–Crippen MR) is 61.2 cm³/mol. The minimum Gasteiger partial charge on any atom is -0.459 e. The smallest absolute Gasteiger partial charge is 0.289 e. The molecule has 1 aromatic heterocycles. The van der Waals surface area contributed by atoms with Crippen LogP contribution in [0.3, 0.4) is 0 Å². The largest absolute Gasteiger partial charge is 0.459 e. The van der Waals surface area contributed by atoms with Crippen molar-refractivity contribution in [2.24, 2.45) is 0 Å². The first kappa shape index (κ1) is 10.7. The summed E-state index contributed by atoms with van der Waals surface area (Å²) in [6, 6.07) is 3.69. The first-order chi connectivity index (χ1) is 7.20. The van der Waals surface area contributed by atoms with Gasteiger partial charge in [0.25, 0.3) is 5.91 Å². The van der Waals surface area contributed by atoms with E-state index >= 15 is 0 Å². The monoisotopic (exact) mass is 271 g/mol. The van der Waals surface area contributed by atoms with Crippen LogP contribution in [-0.4, -0.2) is 28.2 Å². The molecule has 1 saturated heterocycles. The van der Waals surface area contributed by atoms with Crippen molar-refractivity contribution in [3.63, 3.8) is 0 Å². The summed E-state index contributed by atoms with van der Waals surface area (Å²) < 4.78 is 5.13. The molecule has 1 amide bonds. The lowest BCUT2D eigenvalue weighted by Gasteiger charge is -2.36. The SMILES string of the molecule is CC1C(Br)CCCN1C(=O)c1ccco1. The fraction of sp³-hybridized carbons (Fsp3) is 0.545. The molecule has 1 aliphatic heterocycles. The summed E-state index contributed by atoms with van der Waals surface area (Å²) in [7, 11) is 0. The van der Waals surface area contributed by atoms with Crippen molar-refractivity contribution < 1.29 is 9.21 Å². The van der Waals surface area contributed by atoms with Crippen LogP contribution in [0.1, 0.15) is 30.3 Å². The lowest BCUT2D eigenvalue weighted by atomic mass is 10.0. The van der Waals surface area contributed by atoms with Gasteiger partial charge >= 0.3 is 0 Å². The molecule has 4 heteroatoms. The van der Waals surface area contributed by atoms with E-state index in [9.17, 15) is 4.79 Å². The average molecular weight is 272 g/mol. The summed E-state index contributed by atoms with van der Waals surface area (Å²) in [6.07, 6.45) is 3.71. The van der Waals surface area contributed by atoms with Gasteiger partial charge in [0, 0.05) is 17.4 Å². The van der Waals surface area contributed by atoms with Gasteiger partial charge in [0.05, 0.1) is 6.26 Å². The highest BCUT2D eigenvalue weighted by Crippen LogP contribution is 2.25. The van der Waals surface area contributed by atoms with Gasteiger partial charge in [0.1, 0.15) is 0 Å². The maximum absolute atomic E-state index is 12.0. The van der Waals surface area contributed by atoms with Crippen molar-refractivity contribution >= 4 is 21.8 Å². The Morgan fingerprint density at radius 2 is 2.47 bits per heavy atom. The van der Waals surface area contributed by atoms with Gasteiger partial charge in [-0.2, -0.15) is 0 Å². The first-order valence-electron chi connectivity index (χ1n) is 5.18. The molecule has 2 atom stereocenters. The van der Waals surface area contributed by atoms with Crippen LogP contribution >= 0.6 is 15.9 Å². The fourth-order valence-electron chi connectivity index (χ4n) is 1.93. The zero-order chi connectivity index (χ0) is 10.8. The van der Waals surface area contributed by atoms with Gasteiger partial charge in [-0.05, 0) is 31.9 Å². The van der Waals surface area contributed by atoms with Gasteiger partial charge in [-0.15, -0.1) is 0 Å². The molecule has 0 aliphatic carbocycles. The van der Waals surface area contributed by atoms with Gasteiger partial charge in [-0.1, -0.05) is 15.9 Å². The quantitative estimate of drug-likeness (QED) is 0.736. The molecular formula is C11H14BrNO2. The van der Waals surface area contributed by atoms with E-state index in [1.54, 1.807) is 12.1 Å². The molecule has 15 heavy (non-hydrogen) atoms. The molecule has 3 nitrogen and oxygen atoms in total. The van der Waals surface area contributed by atoms with E-state index in [1.165, 1.54) is 6.26 Å². The molecule has 0 bridgehead atoms. The minimum absolute atomic E-state index is 0.00310. The van der Waals surface area contributed by atoms with Gasteiger partial charge in [-0.3, -0.25) is 4.79 Å². The average Bonchev–Trinajstić information content (AvgIpc) is 2.74. The number of amides is 1. The number of piperidine rings is 1. The van der Waals surface area contributed by atoms with Gasteiger partial charge in [0.2, 0.25) is 0 Å². The number of furan rings is 1. The second-order valence-corrected chi connectivity index (χ2v) is 5.05. The van der Waals surface area contributed by atoms with Crippen molar-refractivity contribution in [1.82, 2.24) is 4.90 Å². The molecule has 2 unspecified atom stereocenters. The maximum atomic E-state index is 12.0. The Morgan fingerprint density at radius 1 is 1.67 bits per heavy atom. The summed E-state index contributed by atoms with van der Waals surface area (Å²) in [6.45, 7) is 2.89. The summed E-state index contributed by atoms with van der Waals surface area (Å²) in [4.78, 5) is 14.3. The van der Waals surface area contributed by atoms with E-state index in [1.807, 2.05) is 4.90 Å². The molecule has 0 N–H and O–H groups in total. The highest BCUT2D eigenvalue weighted by Gasteiger charge is 2.30. The molecule has 2 rings (SSSR count). The third-order valence-electron chi connectivity index (χ3n) is 2.89. The summed E-state index contributed by atoms with van der Waals surface area (Å²) in [5.74, 6) is 0.431. The Hall–Kier alpha value is -0.770. The topological polar surface area (TPSA) is 33.5 Å². The number of hydrogen-bond acceptors (Lipinski definition) is 2. The molecule has 0 aromatic carbocycles. The lowest BCUT2D eigenvalue weighted by molar-refractivity contribution is 0.0614. The van der Waals surface area contributed by atoms with E-state index in [0.29, 0.717) is 10.6 Å². The van der Waals surface area contributed by atoms with Gasteiger partial charge < -0.3 is 9.32 Å². The van der Waals surface area contributed by atoms with Crippen molar-refractivity contribution in [3.05, 3.63) is 24.2 Å². The molecule has 1 fully saturated rings. The zero-order valence-electron chi connectivity index (χ0n) is 8.65. The van der Waals surface area contributed by atoms with Gasteiger partial charge in [-0.25, -0.2) is 0 Å². The molecule has 0 saturated carbocycles. The molecule has 0 radical (unpaired) electrons. The van der Waals surface area contributed by atoms with Gasteiger partial charge in [0.15, 0.2) is 5.76 Å². The Morgan fingerprint density at radius 3 is 3.13 bits per heavy atom. The summed E-state index contributed by atoms with van der Waals surface area (Å²) in [5.41, 5.74) is 0. The van der Waals surface area contributed by atoms with Crippen molar-refractivity contribution in [2.45, 2.75) is 30.6 Å². The number of halogens is 1. The molecule has 0 spiro atoms. The highest BCUT2D eigenvalue weighted by molar-refractivity contribution is 9.09. The third kappa shape index (κ3) is 2.09. The minimum atomic E-state index is -0.00310. The van der Waals surface area contributed by atoms with Crippen LogP contribution < -0.4 is 0 Å². The first-order valence-corrected chi connectivity index (χ1v) is 6.10. The fourth-order valence-corrected chi connectivity index (χ4v) is 2.53. The van der Waals surface area contributed by atoms with E-state index < -0.39 is 0 Å². The molecule has 2 heterocycles. The Balaban J connectivity index is 2.13. The Bertz CT molecular complexity index is 336. The third-order valence-corrected chi connectivity index (χ3v) is 4.11. The number of rotatable bonds is 1. The summed E-state index contributed by atoms with van der Waals surface area (Å²) >= 11 is 3.60. The Kier molecular flexibility index (Phi) is 3.14. The maximum Gasteiger partial charge on any atom is 0.289 e. The standard InChI is InChI=1S/C11H14BrNO2/c1-8-9(12)4-2-6-13(8)11(14)10-5-3-7-15-10/h3,5,7-9H,2,4,6H2,1H3. The number of alkyl halides is 1. The zero-order valence-corrected chi connectivity index (χ0v) is 10.2.